The highest BCUT2D eigenvalue weighted by atomic mass is 32.2. The number of amidine groups is 1. The standard InChI is InChI=1S/C19H14N2O6S/c22-16(23)10-27-14-7-1-11(2-8-14)9-15-17(24)21-19(28-15)20-13-5-3-12(4-6-13)18(25)26/h1-9H,10H2,(H,22,23)(H,25,26)(H,20,21,24)/b15-9-. The van der Waals surface area contributed by atoms with Crippen molar-refractivity contribution in [2.24, 2.45) is 4.99 Å². The van der Waals surface area contributed by atoms with Gasteiger partial charge in [-0.3, -0.25) is 4.79 Å². The van der Waals surface area contributed by atoms with Gasteiger partial charge in [-0.15, -0.1) is 0 Å². The minimum Gasteiger partial charge on any atom is -0.482 e. The lowest BCUT2D eigenvalue weighted by molar-refractivity contribution is -0.139. The Labute approximate surface area is 163 Å². The summed E-state index contributed by atoms with van der Waals surface area (Å²) in [7, 11) is 0. The number of hydrogen-bond donors (Lipinski definition) is 3. The Hall–Kier alpha value is -3.59. The van der Waals surface area contributed by atoms with Gasteiger partial charge in [-0.05, 0) is 59.8 Å². The van der Waals surface area contributed by atoms with E-state index in [-0.39, 0.29) is 11.5 Å². The molecule has 142 valence electrons. The highest BCUT2D eigenvalue weighted by Crippen LogP contribution is 2.28. The number of ether oxygens (including phenoxy) is 1. The van der Waals surface area contributed by atoms with Crippen LogP contribution >= 0.6 is 11.8 Å². The van der Waals surface area contributed by atoms with Crippen molar-refractivity contribution in [3.63, 3.8) is 0 Å². The molecule has 0 aliphatic carbocycles. The Bertz CT molecular complexity index is 980. The topological polar surface area (TPSA) is 125 Å². The zero-order valence-electron chi connectivity index (χ0n) is 14.3. The van der Waals surface area contributed by atoms with Crippen molar-refractivity contribution in [2.75, 3.05) is 6.61 Å². The Kier molecular flexibility index (Phi) is 5.75. The number of aromatic carboxylic acids is 1. The number of nitrogens with one attached hydrogen (secondary N) is 1. The van der Waals surface area contributed by atoms with Crippen molar-refractivity contribution in [1.82, 2.24) is 5.32 Å². The fourth-order valence-corrected chi connectivity index (χ4v) is 3.07. The average Bonchev–Trinajstić information content (AvgIpc) is 3.00. The van der Waals surface area contributed by atoms with Crippen LogP contribution in [-0.2, 0) is 9.59 Å². The van der Waals surface area contributed by atoms with Gasteiger partial charge >= 0.3 is 11.9 Å². The number of aliphatic carboxylic acids is 1. The summed E-state index contributed by atoms with van der Waals surface area (Å²) in [4.78, 5) is 38.2. The molecule has 1 fully saturated rings. The van der Waals surface area contributed by atoms with Gasteiger partial charge in [0.25, 0.3) is 5.91 Å². The molecular weight excluding hydrogens is 384 g/mol. The SMILES string of the molecule is O=C(O)COc1ccc(/C=C2\SC(=Nc3ccc(C(=O)O)cc3)NC2=O)cc1. The molecule has 28 heavy (non-hydrogen) atoms. The molecule has 3 rings (SSSR count). The maximum absolute atomic E-state index is 12.1. The molecule has 1 saturated heterocycles. The predicted octanol–water partition coefficient (Wildman–Crippen LogP) is 2.74. The molecule has 0 aromatic heterocycles. The summed E-state index contributed by atoms with van der Waals surface area (Å²) < 4.78 is 5.06. The highest BCUT2D eigenvalue weighted by Gasteiger charge is 2.23. The zero-order valence-corrected chi connectivity index (χ0v) is 15.1. The maximum Gasteiger partial charge on any atom is 0.341 e. The number of thioether (sulfide) groups is 1. The highest BCUT2D eigenvalue weighted by molar-refractivity contribution is 8.18. The molecule has 0 spiro atoms. The molecule has 9 heteroatoms. The first kappa shape index (κ1) is 19.2. The number of benzene rings is 2. The summed E-state index contributed by atoms with van der Waals surface area (Å²) in [6.45, 7) is -0.425. The number of carboxylic acid groups (broad SMARTS) is 2. The quantitative estimate of drug-likeness (QED) is 0.639. The predicted molar refractivity (Wildman–Crippen MR) is 104 cm³/mol. The first-order valence-electron chi connectivity index (χ1n) is 7.98. The summed E-state index contributed by atoms with van der Waals surface area (Å²) in [6, 6.07) is 12.6. The van der Waals surface area contributed by atoms with Gasteiger partial charge in [0, 0.05) is 0 Å². The van der Waals surface area contributed by atoms with Crippen LogP contribution in [0, 0.1) is 0 Å². The van der Waals surface area contributed by atoms with Crippen molar-refractivity contribution in [3.8, 4) is 5.75 Å². The number of carbonyl (C=O) groups is 3. The van der Waals surface area contributed by atoms with E-state index >= 15 is 0 Å². The smallest absolute Gasteiger partial charge is 0.341 e. The van der Waals surface area contributed by atoms with E-state index in [1.807, 2.05) is 0 Å². The normalized spacial score (nSPS) is 16.2. The van der Waals surface area contributed by atoms with E-state index in [1.54, 1.807) is 42.5 Å². The van der Waals surface area contributed by atoms with Crippen molar-refractivity contribution >= 4 is 46.5 Å². The van der Waals surface area contributed by atoms with Gasteiger partial charge in [-0.1, -0.05) is 12.1 Å². The number of aliphatic imine (C=N–C) groups is 1. The number of carboxylic acids is 2. The van der Waals surface area contributed by atoms with Crippen LogP contribution < -0.4 is 10.1 Å². The lowest BCUT2D eigenvalue weighted by Gasteiger charge is -2.03. The zero-order chi connectivity index (χ0) is 20.1. The average molecular weight is 398 g/mol. The number of carbonyl (C=O) groups excluding carboxylic acids is 1. The lowest BCUT2D eigenvalue weighted by atomic mass is 10.2. The molecule has 1 amide bonds. The van der Waals surface area contributed by atoms with Crippen molar-refractivity contribution in [1.29, 1.82) is 0 Å². The van der Waals surface area contributed by atoms with Crippen LogP contribution in [-0.4, -0.2) is 39.8 Å². The van der Waals surface area contributed by atoms with Crippen LogP contribution in [0.3, 0.4) is 0 Å². The summed E-state index contributed by atoms with van der Waals surface area (Å²) in [5, 5.41) is 20.5. The minimum atomic E-state index is -1.06. The van der Waals surface area contributed by atoms with Crippen LogP contribution in [0.25, 0.3) is 6.08 Å². The molecule has 2 aromatic carbocycles. The second-order valence-electron chi connectivity index (χ2n) is 5.59. The molecule has 0 unspecified atom stereocenters. The minimum absolute atomic E-state index is 0.156. The number of rotatable bonds is 6. The summed E-state index contributed by atoms with van der Waals surface area (Å²) >= 11 is 1.16. The van der Waals surface area contributed by atoms with Crippen molar-refractivity contribution in [2.45, 2.75) is 0 Å². The molecular formula is C19H14N2O6S. The van der Waals surface area contributed by atoms with E-state index in [1.165, 1.54) is 12.1 Å². The van der Waals surface area contributed by atoms with Crippen LogP contribution in [0.4, 0.5) is 5.69 Å². The second kappa shape index (κ2) is 8.40. The Morgan fingerprint density at radius 2 is 1.75 bits per heavy atom. The summed E-state index contributed by atoms with van der Waals surface area (Å²) in [5.41, 5.74) is 1.42. The summed E-state index contributed by atoms with van der Waals surface area (Å²) in [6.07, 6.45) is 1.68. The van der Waals surface area contributed by atoms with E-state index in [0.717, 1.165) is 17.3 Å². The molecule has 2 aromatic rings. The lowest BCUT2D eigenvalue weighted by Crippen LogP contribution is -2.19. The first-order valence-corrected chi connectivity index (χ1v) is 8.80. The molecule has 1 heterocycles. The fourth-order valence-electron chi connectivity index (χ4n) is 2.23. The second-order valence-corrected chi connectivity index (χ2v) is 6.62. The van der Waals surface area contributed by atoms with Gasteiger partial charge in [-0.25, -0.2) is 14.6 Å². The molecule has 8 nitrogen and oxygen atoms in total. The molecule has 1 aliphatic rings. The van der Waals surface area contributed by atoms with Gasteiger partial charge in [0.2, 0.25) is 0 Å². The Morgan fingerprint density at radius 1 is 1.07 bits per heavy atom. The molecule has 0 radical (unpaired) electrons. The van der Waals surface area contributed by atoms with E-state index in [0.29, 0.717) is 21.5 Å². The van der Waals surface area contributed by atoms with E-state index < -0.39 is 18.5 Å². The maximum atomic E-state index is 12.1. The van der Waals surface area contributed by atoms with Crippen LogP contribution in [0.15, 0.2) is 58.4 Å². The molecule has 0 atom stereocenters. The van der Waals surface area contributed by atoms with Crippen LogP contribution in [0.5, 0.6) is 5.75 Å². The van der Waals surface area contributed by atoms with E-state index in [4.69, 9.17) is 14.9 Å². The molecule has 1 aliphatic heterocycles. The number of amides is 1. The summed E-state index contributed by atoms with van der Waals surface area (Å²) in [5.74, 6) is -1.96. The monoisotopic (exact) mass is 398 g/mol. The molecule has 0 saturated carbocycles. The van der Waals surface area contributed by atoms with Crippen molar-refractivity contribution < 1.29 is 29.3 Å². The first-order chi connectivity index (χ1) is 13.4. The van der Waals surface area contributed by atoms with Gasteiger partial charge < -0.3 is 20.3 Å². The number of hydrogen-bond acceptors (Lipinski definition) is 6. The van der Waals surface area contributed by atoms with Gasteiger partial charge in [0.15, 0.2) is 11.8 Å². The molecule has 0 bridgehead atoms. The third kappa shape index (κ3) is 4.98. The van der Waals surface area contributed by atoms with Gasteiger partial charge in [0.05, 0.1) is 16.2 Å². The van der Waals surface area contributed by atoms with E-state index in [2.05, 4.69) is 10.3 Å². The van der Waals surface area contributed by atoms with Crippen molar-refractivity contribution in [3.05, 3.63) is 64.6 Å². The fraction of sp³-hybridized carbons (Fsp3) is 0.0526. The van der Waals surface area contributed by atoms with E-state index in [9.17, 15) is 14.4 Å². The third-order valence-corrected chi connectivity index (χ3v) is 4.45. The van der Waals surface area contributed by atoms with Gasteiger partial charge in [0.1, 0.15) is 5.75 Å². The number of nitrogens with zero attached hydrogens (tertiary/aromatic N) is 1. The molecule has 3 N–H and O–H groups in total. The van der Waals surface area contributed by atoms with Crippen LogP contribution in [0.1, 0.15) is 15.9 Å². The van der Waals surface area contributed by atoms with Gasteiger partial charge in [-0.2, -0.15) is 0 Å². The largest absolute Gasteiger partial charge is 0.482 e. The van der Waals surface area contributed by atoms with Crippen LogP contribution in [0.2, 0.25) is 0 Å². The Morgan fingerprint density at radius 3 is 2.36 bits per heavy atom. The Balaban J connectivity index is 1.69. The third-order valence-electron chi connectivity index (χ3n) is 3.54.